The molecule has 0 atom stereocenters. The van der Waals surface area contributed by atoms with Crippen LogP contribution in [0.3, 0.4) is 0 Å². The SMILES string of the molecule is COc1ccccc1NC(=O)O. The maximum Gasteiger partial charge on any atom is 0.409 e. The van der Waals surface area contributed by atoms with Gasteiger partial charge < -0.3 is 9.84 Å². The summed E-state index contributed by atoms with van der Waals surface area (Å²) < 4.78 is 4.92. The van der Waals surface area contributed by atoms with Gasteiger partial charge in [0, 0.05) is 0 Å². The van der Waals surface area contributed by atoms with Crippen LogP contribution in [0.2, 0.25) is 0 Å². The van der Waals surface area contributed by atoms with E-state index in [0.29, 0.717) is 11.4 Å². The summed E-state index contributed by atoms with van der Waals surface area (Å²) in [6.45, 7) is 0. The zero-order valence-electron chi connectivity index (χ0n) is 6.57. The zero-order valence-corrected chi connectivity index (χ0v) is 6.57. The Morgan fingerprint density at radius 1 is 1.50 bits per heavy atom. The van der Waals surface area contributed by atoms with E-state index in [-0.39, 0.29) is 0 Å². The molecule has 0 saturated carbocycles. The number of anilines is 1. The van der Waals surface area contributed by atoms with Gasteiger partial charge >= 0.3 is 6.09 Å². The molecule has 0 radical (unpaired) electrons. The third-order valence-electron chi connectivity index (χ3n) is 1.35. The molecule has 0 aliphatic carbocycles. The molecule has 0 aliphatic heterocycles. The van der Waals surface area contributed by atoms with Crippen molar-refractivity contribution < 1.29 is 14.6 Å². The topological polar surface area (TPSA) is 58.6 Å². The Kier molecular flexibility index (Phi) is 2.53. The van der Waals surface area contributed by atoms with Crippen molar-refractivity contribution in [1.29, 1.82) is 0 Å². The third kappa shape index (κ3) is 1.88. The van der Waals surface area contributed by atoms with Crippen LogP contribution in [0.4, 0.5) is 10.5 Å². The fourth-order valence-corrected chi connectivity index (χ4v) is 0.863. The number of methoxy groups -OCH3 is 1. The summed E-state index contributed by atoms with van der Waals surface area (Å²) in [6, 6.07) is 6.82. The fraction of sp³-hybridized carbons (Fsp3) is 0.125. The lowest BCUT2D eigenvalue weighted by molar-refractivity contribution is 0.209. The normalized spacial score (nSPS) is 9.08. The highest BCUT2D eigenvalue weighted by Crippen LogP contribution is 2.22. The van der Waals surface area contributed by atoms with E-state index in [4.69, 9.17) is 9.84 Å². The number of hydrogen-bond donors (Lipinski definition) is 2. The van der Waals surface area contributed by atoms with Crippen LogP contribution in [-0.2, 0) is 0 Å². The Balaban J connectivity index is 2.89. The summed E-state index contributed by atoms with van der Waals surface area (Å²) in [5.74, 6) is 0.514. The Labute approximate surface area is 69.8 Å². The lowest BCUT2D eigenvalue weighted by Crippen LogP contribution is -2.08. The first-order valence-electron chi connectivity index (χ1n) is 3.37. The Bertz CT molecular complexity index is 285. The highest BCUT2D eigenvalue weighted by Gasteiger charge is 2.02. The average Bonchev–Trinajstić information content (AvgIpc) is 2.04. The molecule has 4 nitrogen and oxygen atoms in total. The molecule has 1 rings (SSSR count). The second-order valence-electron chi connectivity index (χ2n) is 2.13. The molecule has 0 spiro atoms. The van der Waals surface area contributed by atoms with E-state index < -0.39 is 6.09 Å². The number of benzene rings is 1. The number of ether oxygens (including phenoxy) is 1. The zero-order chi connectivity index (χ0) is 8.97. The molecule has 0 bridgehead atoms. The van der Waals surface area contributed by atoms with E-state index in [0.717, 1.165) is 0 Å². The van der Waals surface area contributed by atoms with Gasteiger partial charge in [0.15, 0.2) is 0 Å². The maximum absolute atomic E-state index is 10.3. The predicted molar refractivity (Wildman–Crippen MR) is 44.6 cm³/mol. The second kappa shape index (κ2) is 3.61. The van der Waals surface area contributed by atoms with Crippen molar-refractivity contribution in [2.24, 2.45) is 0 Å². The molecule has 12 heavy (non-hydrogen) atoms. The first-order chi connectivity index (χ1) is 5.74. The van der Waals surface area contributed by atoms with Crippen molar-refractivity contribution in [1.82, 2.24) is 0 Å². The lowest BCUT2D eigenvalue weighted by atomic mass is 10.3. The minimum atomic E-state index is -1.10. The molecule has 0 saturated heterocycles. The van der Waals surface area contributed by atoms with E-state index in [1.54, 1.807) is 24.3 Å². The molecule has 1 aromatic carbocycles. The van der Waals surface area contributed by atoms with Crippen LogP contribution in [0.5, 0.6) is 5.75 Å². The summed E-state index contributed by atoms with van der Waals surface area (Å²) >= 11 is 0. The van der Waals surface area contributed by atoms with Crippen molar-refractivity contribution in [3.05, 3.63) is 24.3 Å². The van der Waals surface area contributed by atoms with Crippen LogP contribution in [-0.4, -0.2) is 18.3 Å². The van der Waals surface area contributed by atoms with Crippen LogP contribution in [0.15, 0.2) is 24.3 Å². The molecule has 0 aromatic heterocycles. The van der Waals surface area contributed by atoms with Crippen molar-refractivity contribution >= 4 is 11.8 Å². The molecule has 4 heteroatoms. The highest BCUT2D eigenvalue weighted by molar-refractivity contribution is 5.85. The van der Waals surface area contributed by atoms with Crippen LogP contribution < -0.4 is 10.1 Å². The van der Waals surface area contributed by atoms with E-state index in [9.17, 15) is 4.79 Å². The smallest absolute Gasteiger partial charge is 0.409 e. The molecule has 0 fully saturated rings. The standard InChI is InChI=1S/C8H9NO3/c1-12-7-5-3-2-4-6(7)9-8(10)11/h2-5,9H,1H3,(H,10,11). The number of hydrogen-bond acceptors (Lipinski definition) is 2. The van der Waals surface area contributed by atoms with E-state index in [1.807, 2.05) is 0 Å². The van der Waals surface area contributed by atoms with Gasteiger partial charge in [-0.15, -0.1) is 0 Å². The van der Waals surface area contributed by atoms with Crippen LogP contribution >= 0.6 is 0 Å². The van der Waals surface area contributed by atoms with Gasteiger partial charge in [-0.1, -0.05) is 12.1 Å². The number of carbonyl (C=O) groups is 1. The second-order valence-corrected chi connectivity index (χ2v) is 2.13. The lowest BCUT2D eigenvalue weighted by Gasteiger charge is -2.06. The monoisotopic (exact) mass is 167 g/mol. The molecule has 1 amide bonds. The van der Waals surface area contributed by atoms with Crippen LogP contribution in [0, 0.1) is 0 Å². The molecule has 0 aliphatic rings. The van der Waals surface area contributed by atoms with Crippen LogP contribution in [0.1, 0.15) is 0 Å². The van der Waals surface area contributed by atoms with Gasteiger partial charge in [0.1, 0.15) is 5.75 Å². The Hall–Kier alpha value is -1.71. The van der Waals surface area contributed by atoms with Gasteiger partial charge in [0.2, 0.25) is 0 Å². The summed E-state index contributed by atoms with van der Waals surface area (Å²) in [4.78, 5) is 10.3. The minimum absolute atomic E-state index is 0.451. The molecule has 2 N–H and O–H groups in total. The summed E-state index contributed by atoms with van der Waals surface area (Å²) in [6.07, 6.45) is -1.10. The minimum Gasteiger partial charge on any atom is -0.495 e. The van der Waals surface area contributed by atoms with Gasteiger partial charge in [-0.2, -0.15) is 0 Å². The van der Waals surface area contributed by atoms with E-state index in [2.05, 4.69) is 5.32 Å². The van der Waals surface area contributed by atoms with Gasteiger partial charge in [0.05, 0.1) is 12.8 Å². The van der Waals surface area contributed by atoms with Gasteiger partial charge in [-0.3, -0.25) is 5.32 Å². The molecule has 64 valence electrons. The Morgan fingerprint density at radius 2 is 2.17 bits per heavy atom. The van der Waals surface area contributed by atoms with Crippen LogP contribution in [0.25, 0.3) is 0 Å². The molecular formula is C8H9NO3. The number of carboxylic acid groups (broad SMARTS) is 1. The van der Waals surface area contributed by atoms with E-state index >= 15 is 0 Å². The summed E-state index contributed by atoms with van der Waals surface area (Å²) in [7, 11) is 1.49. The summed E-state index contributed by atoms with van der Waals surface area (Å²) in [5, 5.41) is 10.6. The largest absolute Gasteiger partial charge is 0.495 e. The van der Waals surface area contributed by atoms with Gasteiger partial charge in [-0.25, -0.2) is 4.79 Å². The molecule has 0 unspecified atom stereocenters. The fourth-order valence-electron chi connectivity index (χ4n) is 0.863. The number of rotatable bonds is 2. The Morgan fingerprint density at radius 3 is 2.75 bits per heavy atom. The predicted octanol–water partition coefficient (Wildman–Crippen LogP) is 1.79. The summed E-state index contributed by atoms with van der Waals surface area (Å²) in [5.41, 5.74) is 0.451. The first kappa shape index (κ1) is 8.39. The first-order valence-corrected chi connectivity index (χ1v) is 3.37. The van der Waals surface area contributed by atoms with Crippen molar-refractivity contribution in [2.45, 2.75) is 0 Å². The van der Waals surface area contributed by atoms with Crippen molar-refractivity contribution in [3.63, 3.8) is 0 Å². The number of para-hydroxylation sites is 2. The van der Waals surface area contributed by atoms with E-state index in [1.165, 1.54) is 7.11 Å². The third-order valence-corrected chi connectivity index (χ3v) is 1.35. The molecule has 1 aromatic rings. The van der Waals surface area contributed by atoms with Gasteiger partial charge in [-0.05, 0) is 12.1 Å². The van der Waals surface area contributed by atoms with Crippen molar-refractivity contribution in [2.75, 3.05) is 12.4 Å². The maximum atomic E-state index is 10.3. The number of nitrogens with one attached hydrogen (secondary N) is 1. The van der Waals surface area contributed by atoms with Crippen molar-refractivity contribution in [3.8, 4) is 5.75 Å². The van der Waals surface area contributed by atoms with Gasteiger partial charge in [0.25, 0.3) is 0 Å². The highest BCUT2D eigenvalue weighted by atomic mass is 16.5. The number of amides is 1. The molecular weight excluding hydrogens is 158 g/mol. The molecule has 0 heterocycles. The quantitative estimate of drug-likeness (QED) is 0.705. The average molecular weight is 167 g/mol.